The molecular weight excluding hydrogens is 488 g/mol. The van der Waals surface area contributed by atoms with Gasteiger partial charge in [0.05, 0.1) is 7.11 Å². The highest BCUT2D eigenvalue weighted by atomic mass is 32.2. The fourth-order valence-electron chi connectivity index (χ4n) is 4.41. The highest BCUT2D eigenvalue weighted by Gasteiger charge is 2.26. The normalized spacial score (nSPS) is 12.1. The third kappa shape index (κ3) is 8.71. The number of thioether (sulfide) groups is 1. The third-order valence-corrected chi connectivity index (χ3v) is 7.73. The molecule has 0 aliphatic carbocycles. The molecule has 3 aromatic rings. The second kappa shape index (κ2) is 12.9. The largest absolute Gasteiger partial charge is 0.507 e. The van der Waals surface area contributed by atoms with E-state index in [0.29, 0.717) is 5.75 Å². The van der Waals surface area contributed by atoms with Crippen LogP contribution in [-0.2, 0) is 17.3 Å². The first-order valence-electron chi connectivity index (χ1n) is 13.6. The smallest absolute Gasteiger partial charge is 0.123 e. The van der Waals surface area contributed by atoms with E-state index >= 15 is 0 Å². The van der Waals surface area contributed by atoms with Crippen LogP contribution in [0.2, 0.25) is 0 Å². The van der Waals surface area contributed by atoms with Crippen LogP contribution in [0.5, 0.6) is 11.5 Å². The molecule has 4 nitrogen and oxygen atoms in total. The van der Waals surface area contributed by atoms with Crippen molar-refractivity contribution in [2.45, 2.75) is 70.1 Å². The average Bonchev–Trinajstić information content (AvgIpc) is 2.85. The standard InChI is InChI=1S/C33H46N2O2S/c1-32(2,3)29-22-28(23-30(31(29)36)33(4,5)6)38-21-20-35(7)19-9-10-24-11-13-25(14-12-24)34-26-15-17-27(37-8)18-16-26/h11-18,22-23,34,36H,9-10,19-21H2,1-8H3. The summed E-state index contributed by atoms with van der Waals surface area (Å²) in [5, 5.41) is 14.4. The zero-order chi connectivity index (χ0) is 27.9. The number of methoxy groups -OCH3 is 1. The summed E-state index contributed by atoms with van der Waals surface area (Å²) < 4.78 is 5.22. The van der Waals surface area contributed by atoms with Gasteiger partial charge in [0.1, 0.15) is 11.5 Å². The molecule has 206 valence electrons. The zero-order valence-corrected chi connectivity index (χ0v) is 25.3. The molecule has 0 radical (unpaired) electrons. The number of benzene rings is 3. The Morgan fingerprint density at radius 1 is 0.816 bits per heavy atom. The van der Waals surface area contributed by atoms with Gasteiger partial charge in [0, 0.05) is 39.7 Å². The van der Waals surface area contributed by atoms with E-state index in [-0.39, 0.29) is 10.8 Å². The monoisotopic (exact) mass is 534 g/mol. The number of ether oxygens (including phenoxy) is 1. The molecule has 2 N–H and O–H groups in total. The summed E-state index contributed by atoms with van der Waals surface area (Å²) in [7, 11) is 3.89. The van der Waals surface area contributed by atoms with Crippen molar-refractivity contribution in [1.82, 2.24) is 4.90 Å². The van der Waals surface area contributed by atoms with Crippen LogP contribution >= 0.6 is 11.8 Å². The molecule has 0 heterocycles. The number of phenolic OH excluding ortho intramolecular Hbond substituents is 1. The minimum absolute atomic E-state index is 0.0958. The van der Waals surface area contributed by atoms with Gasteiger partial charge in [0.25, 0.3) is 0 Å². The van der Waals surface area contributed by atoms with E-state index in [0.717, 1.165) is 59.9 Å². The van der Waals surface area contributed by atoms with Crippen molar-refractivity contribution in [3.63, 3.8) is 0 Å². The fraction of sp³-hybridized carbons (Fsp3) is 0.455. The van der Waals surface area contributed by atoms with Crippen LogP contribution in [0, 0.1) is 0 Å². The van der Waals surface area contributed by atoms with E-state index in [9.17, 15) is 5.11 Å². The van der Waals surface area contributed by atoms with Crippen LogP contribution in [0.3, 0.4) is 0 Å². The maximum Gasteiger partial charge on any atom is 0.123 e. The number of aryl methyl sites for hydroxylation is 1. The summed E-state index contributed by atoms with van der Waals surface area (Å²) in [4.78, 5) is 3.66. The van der Waals surface area contributed by atoms with Crippen molar-refractivity contribution >= 4 is 23.1 Å². The molecule has 0 atom stereocenters. The first-order chi connectivity index (χ1) is 17.9. The maximum atomic E-state index is 11.0. The number of hydrogen-bond acceptors (Lipinski definition) is 5. The number of anilines is 2. The number of nitrogens with zero attached hydrogens (tertiary/aromatic N) is 1. The van der Waals surface area contributed by atoms with Crippen molar-refractivity contribution < 1.29 is 9.84 Å². The molecule has 38 heavy (non-hydrogen) atoms. The second-order valence-electron chi connectivity index (χ2n) is 12.2. The summed E-state index contributed by atoms with van der Waals surface area (Å²) in [6.45, 7) is 15.1. The SMILES string of the molecule is COc1ccc(Nc2ccc(CCCN(C)CCSc3cc(C(C)(C)C)c(O)c(C(C)(C)C)c3)cc2)cc1. The van der Waals surface area contributed by atoms with E-state index in [4.69, 9.17) is 4.74 Å². The zero-order valence-electron chi connectivity index (χ0n) is 24.5. The maximum absolute atomic E-state index is 11.0. The minimum Gasteiger partial charge on any atom is -0.507 e. The van der Waals surface area contributed by atoms with Gasteiger partial charge in [-0.1, -0.05) is 53.7 Å². The first-order valence-corrected chi connectivity index (χ1v) is 14.5. The Bertz CT molecular complexity index is 1120. The number of hydrogen-bond donors (Lipinski definition) is 2. The van der Waals surface area contributed by atoms with Gasteiger partial charge >= 0.3 is 0 Å². The van der Waals surface area contributed by atoms with Gasteiger partial charge in [-0.05, 0) is 91.4 Å². The molecule has 0 saturated heterocycles. The topological polar surface area (TPSA) is 44.7 Å². The van der Waals surface area contributed by atoms with Gasteiger partial charge in [0.2, 0.25) is 0 Å². The molecular formula is C33H46N2O2S. The van der Waals surface area contributed by atoms with E-state index in [1.165, 1.54) is 10.5 Å². The molecule has 0 aliphatic rings. The lowest BCUT2D eigenvalue weighted by Gasteiger charge is -2.28. The van der Waals surface area contributed by atoms with E-state index in [1.54, 1.807) is 7.11 Å². The van der Waals surface area contributed by atoms with Gasteiger partial charge in [0.15, 0.2) is 0 Å². The Morgan fingerprint density at radius 2 is 1.34 bits per heavy atom. The van der Waals surface area contributed by atoms with Gasteiger partial charge in [-0.2, -0.15) is 0 Å². The Balaban J connectivity index is 1.45. The lowest BCUT2D eigenvalue weighted by Crippen LogP contribution is -2.23. The van der Waals surface area contributed by atoms with Crippen LogP contribution in [-0.4, -0.2) is 43.0 Å². The Labute approximate surface area is 234 Å². The van der Waals surface area contributed by atoms with Crippen molar-refractivity contribution in [2.75, 3.05) is 38.3 Å². The molecule has 0 amide bonds. The number of nitrogens with one attached hydrogen (secondary N) is 1. The van der Waals surface area contributed by atoms with Crippen molar-refractivity contribution in [3.8, 4) is 11.5 Å². The Hall–Kier alpha value is -2.63. The van der Waals surface area contributed by atoms with E-state index in [2.05, 4.69) is 95.2 Å². The van der Waals surface area contributed by atoms with Crippen molar-refractivity contribution in [2.24, 2.45) is 0 Å². The molecule has 0 bridgehead atoms. The molecule has 5 heteroatoms. The summed E-state index contributed by atoms with van der Waals surface area (Å²) in [5.74, 6) is 2.34. The molecule has 0 fully saturated rings. The third-order valence-electron chi connectivity index (χ3n) is 6.78. The van der Waals surface area contributed by atoms with Gasteiger partial charge in [-0.15, -0.1) is 11.8 Å². The average molecular weight is 535 g/mol. The number of rotatable bonds is 11. The van der Waals surface area contributed by atoms with E-state index < -0.39 is 0 Å². The van der Waals surface area contributed by atoms with Crippen molar-refractivity contribution in [1.29, 1.82) is 0 Å². The fourth-order valence-corrected chi connectivity index (χ4v) is 5.46. The lowest BCUT2D eigenvalue weighted by molar-refractivity contribution is 0.350. The Morgan fingerprint density at radius 3 is 1.84 bits per heavy atom. The van der Waals surface area contributed by atoms with Crippen LogP contribution < -0.4 is 10.1 Å². The van der Waals surface area contributed by atoms with Crippen molar-refractivity contribution in [3.05, 3.63) is 77.4 Å². The summed E-state index contributed by atoms with van der Waals surface area (Å²) in [6, 6.07) is 21.1. The highest BCUT2D eigenvalue weighted by molar-refractivity contribution is 7.99. The number of phenols is 1. The Kier molecular flexibility index (Phi) is 10.2. The van der Waals surface area contributed by atoms with Gasteiger partial charge in [-0.25, -0.2) is 0 Å². The highest BCUT2D eigenvalue weighted by Crippen LogP contribution is 2.41. The molecule has 3 aromatic carbocycles. The molecule has 0 spiro atoms. The summed E-state index contributed by atoms with van der Waals surface area (Å²) in [5.41, 5.74) is 5.38. The van der Waals surface area contributed by atoms with Gasteiger partial charge in [-0.3, -0.25) is 0 Å². The molecule has 3 rings (SSSR count). The second-order valence-corrected chi connectivity index (χ2v) is 13.3. The predicted molar refractivity (Wildman–Crippen MR) is 165 cm³/mol. The van der Waals surface area contributed by atoms with Crippen LogP contribution in [0.15, 0.2) is 65.6 Å². The number of aromatic hydroxyl groups is 1. The van der Waals surface area contributed by atoms with Crippen LogP contribution in [0.1, 0.15) is 64.7 Å². The van der Waals surface area contributed by atoms with Crippen LogP contribution in [0.4, 0.5) is 11.4 Å². The summed E-state index contributed by atoms with van der Waals surface area (Å²) in [6.07, 6.45) is 2.20. The molecule has 0 saturated carbocycles. The van der Waals surface area contributed by atoms with Crippen LogP contribution in [0.25, 0.3) is 0 Å². The first kappa shape index (κ1) is 29.9. The molecule has 0 unspecified atom stereocenters. The lowest BCUT2D eigenvalue weighted by atomic mass is 9.79. The van der Waals surface area contributed by atoms with E-state index in [1.807, 2.05) is 36.0 Å². The molecule has 0 aromatic heterocycles. The quantitative estimate of drug-likeness (QED) is 0.242. The predicted octanol–water partition coefficient (Wildman–Crippen LogP) is 8.40. The molecule has 0 aliphatic heterocycles. The van der Waals surface area contributed by atoms with Gasteiger partial charge < -0.3 is 20.1 Å². The summed E-state index contributed by atoms with van der Waals surface area (Å²) >= 11 is 1.89. The minimum atomic E-state index is -0.0958.